The fraction of sp³-hybridized carbons (Fsp3) is 0.455. The van der Waals surface area contributed by atoms with Gasteiger partial charge < -0.3 is 19.5 Å². The summed E-state index contributed by atoms with van der Waals surface area (Å²) in [4.78, 5) is 28.9. The van der Waals surface area contributed by atoms with E-state index in [-0.39, 0.29) is 17.9 Å². The van der Waals surface area contributed by atoms with E-state index in [2.05, 4.69) is 23.5 Å². The molecule has 1 aliphatic carbocycles. The molecule has 0 radical (unpaired) electrons. The molecule has 1 aromatic carbocycles. The number of amides is 2. The third-order valence-electron chi connectivity index (χ3n) is 5.75. The number of carbonyl (C=O) groups excluding carboxylic acids is 2. The first-order chi connectivity index (χ1) is 13.6. The van der Waals surface area contributed by atoms with Crippen LogP contribution in [-0.2, 0) is 17.6 Å². The van der Waals surface area contributed by atoms with Gasteiger partial charge in [0.05, 0.1) is 6.26 Å². The molecule has 1 aromatic heterocycles. The number of aryl methyl sites for hydroxylation is 1. The van der Waals surface area contributed by atoms with Crippen LogP contribution in [0.4, 0.5) is 5.69 Å². The van der Waals surface area contributed by atoms with Crippen LogP contribution in [-0.4, -0.2) is 53.8 Å². The van der Waals surface area contributed by atoms with Crippen LogP contribution in [0.15, 0.2) is 41.0 Å². The van der Waals surface area contributed by atoms with Crippen molar-refractivity contribution in [1.29, 1.82) is 0 Å². The molecule has 28 heavy (non-hydrogen) atoms. The monoisotopic (exact) mass is 381 g/mol. The molecule has 0 bridgehead atoms. The number of nitrogens with one attached hydrogen (secondary N) is 1. The summed E-state index contributed by atoms with van der Waals surface area (Å²) in [6.45, 7) is 4.07. The van der Waals surface area contributed by atoms with E-state index in [4.69, 9.17) is 4.42 Å². The highest BCUT2D eigenvalue weighted by Gasteiger charge is 2.28. The van der Waals surface area contributed by atoms with E-state index in [1.165, 1.54) is 30.2 Å². The second kappa shape index (κ2) is 8.09. The summed E-state index contributed by atoms with van der Waals surface area (Å²) in [5.74, 6) is 0.321. The Labute approximate surface area is 165 Å². The lowest BCUT2D eigenvalue weighted by molar-refractivity contribution is -0.133. The number of furan rings is 1. The second-order valence-corrected chi connectivity index (χ2v) is 7.61. The molecule has 2 amide bonds. The second-order valence-electron chi connectivity index (χ2n) is 7.61. The zero-order chi connectivity index (χ0) is 19.5. The van der Waals surface area contributed by atoms with Crippen LogP contribution in [0.5, 0.6) is 0 Å². The van der Waals surface area contributed by atoms with Crippen LogP contribution >= 0.6 is 0 Å². The Morgan fingerprint density at radius 1 is 1.00 bits per heavy atom. The van der Waals surface area contributed by atoms with Crippen molar-refractivity contribution < 1.29 is 14.0 Å². The molecular formula is C22H27N3O3. The number of anilines is 1. The van der Waals surface area contributed by atoms with Gasteiger partial charge in [-0.1, -0.05) is 12.1 Å². The quantitative estimate of drug-likeness (QED) is 0.884. The molecule has 2 heterocycles. The summed E-state index contributed by atoms with van der Waals surface area (Å²) in [5.41, 5.74) is 3.85. The first-order valence-corrected chi connectivity index (χ1v) is 10.1. The maximum atomic E-state index is 12.9. The van der Waals surface area contributed by atoms with Crippen molar-refractivity contribution in [1.82, 2.24) is 9.80 Å². The van der Waals surface area contributed by atoms with E-state index in [9.17, 15) is 9.59 Å². The molecule has 2 aliphatic rings. The van der Waals surface area contributed by atoms with Gasteiger partial charge in [-0.25, -0.2) is 0 Å². The summed E-state index contributed by atoms with van der Waals surface area (Å²) in [7, 11) is 0. The summed E-state index contributed by atoms with van der Waals surface area (Å²) in [6.07, 6.45) is 6.15. The van der Waals surface area contributed by atoms with Crippen LogP contribution in [0.1, 0.15) is 41.4 Å². The smallest absolute Gasteiger partial charge is 0.289 e. The highest BCUT2D eigenvalue weighted by molar-refractivity contribution is 5.92. The summed E-state index contributed by atoms with van der Waals surface area (Å²) in [5, 5.41) is 3.44. The highest BCUT2D eigenvalue weighted by Crippen LogP contribution is 2.28. The van der Waals surface area contributed by atoms with E-state index in [1.54, 1.807) is 17.0 Å². The van der Waals surface area contributed by atoms with Gasteiger partial charge in [-0.3, -0.25) is 9.59 Å². The fourth-order valence-electron chi connectivity index (χ4n) is 4.17. The van der Waals surface area contributed by atoms with E-state index in [1.807, 2.05) is 11.8 Å². The van der Waals surface area contributed by atoms with Crippen molar-refractivity contribution in [2.45, 2.75) is 38.6 Å². The summed E-state index contributed by atoms with van der Waals surface area (Å²) in [6, 6.07) is 9.44. The average molecular weight is 381 g/mol. The van der Waals surface area contributed by atoms with Crippen LogP contribution in [0.3, 0.4) is 0 Å². The van der Waals surface area contributed by atoms with E-state index in [0.717, 1.165) is 18.5 Å². The van der Waals surface area contributed by atoms with Crippen LogP contribution in [0, 0.1) is 0 Å². The molecule has 1 fully saturated rings. The van der Waals surface area contributed by atoms with Crippen molar-refractivity contribution in [2.75, 3.05) is 31.5 Å². The van der Waals surface area contributed by atoms with Crippen molar-refractivity contribution in [2.24, 2.45) is 0 Å². The Hall–Kier alpha value is -2.76. The van der Waals surface area contributed by atoms with Crippen LogP contribution < -0.4 is 5.32 Å². The van der Waals surface area contributed by atoms with Gasteiger partial charge in [-0.15, -0.1) is 0 Å². The largest absolute Gasteiger partial charge is 0.459 e. The number of benzene rings is 1. The van der Waals surface area contributed by atoms with Crippen LogP contribution in [0.2, 0.25) is 0 Å². The van der Waals surface area contributed by atoms with Gasteiger partial charge in [0, 0.05) is 31.9 Å². The number of nitrogens with zero attached hydrogens (tertiary/aromatic N) is 2. The summed E-state index contributed by atoms with van der Waals surface area (Å²) < 4.78 is 5.19. The highest BCUT2D eigenvalue weighted by atomic mass is 16.3. The van der Waals surface area contributed by atoms with Crippen LogP contribution in [0.25, 0.3) is 0 Å². The molecular weight excluding hydrogens is 354 g/mol. The Morgan fingerprint density at radius 3 is 2.50 bits per heavy atom. The first-order valence-electron chi connectivity index (χ1n) is 10.1. The number of hydrogen-bond donors (Lipinski definition) is 1. The number of carbonyl (C=O) groups is 2. The van der Waals surface area contributed by atoms with Crippen molar-refractivity contribution in [3.63, 3.8) is 0 Å². The zero-order valence-corrected chi connectivity index (χ0v) is 16.3. The molecule has 4 rings (SSSR count). The number of rotatable bonds is 4. The molecule has 1 saturated heterocycles. The van der Waals surface area contributed by atoms with Crippen molar-refractivity contribution in [3.8, 4) is 0 Å². The summed E-state index contributed by atoms with van der Waals surface area (Å²) >= 11 is 0. The minimum Gasteiger partial charge on any atom is -0.459 e. The first kappa shape index (κ1) is 18.6. The predicted molar refractivity (Wildman–Crippen MR) is 107 cm³/mol. The SMILES string of the molecule is CC(Nc1cccc2c1CCCC2)C(=O)N1CCN(C(=O)c2ccco2)CC1. The third-order valence-corrected chi connectivity index (χ3v) is 5.75. The van der Waals surface area contributed by atoms with Gasteiger partial charge in [0.25, 0.3) is 5.91 Å². The van der Waals surface area contributed by atoms with Gasteiger partial charge in [-0.05, 0) is 61.9 Å². The minimum absolute atomic E-state index is 0.0820. The molecule has 0 spiro atoms. The standard InChI is InChI=1S/C22H27N3O3/c1-16(23-19-9-4-7-17-6-2-3-8-18(17)19)21(26)24-11-13-25(14-12-24)22(27)20-10-5-15-28-20/h4-5,7,9-10,15-16,23H,2-3,6,8,11-14H2,1H3. The lowest BCUT2D eigenvalue weighted by Gasteiger charge is -2.36. The molecule has 6 nitrogen and oxygen atoms in total. The average Bonchev–Trinajstić information content (AvgIpc) is 3.28. The van der Waals surface area contributed by atoms with Gasteiger partial charge in [0.1, 0.15) is 6.04 Å². The molecule has 6 heteroatoms. The van der Waals surface area contributed by atoms with Gasteiger partial charge in [-0.2, -0.15) is 0 Å². The molecule has 1 unspecified atom stereocenters. The Morgan fingerprint density at radius 2 is 1.75 bits per heavy atom. The van der Waals surface area contributed by atoms with Crippen molar-refractivity contribution >= 4 is 17.5 Å². The maximum absolute atomic E-state index is 12.9. The predicted octanol–water partition coefficient (Wildman–Crippen LogP) is 2.94. The Kier molecular flexibility index (Phi) is 5.37. The third kappa shape index (κ3) is 3.77. The molecule has 1 atom stereocenters. The molecule has 1 aliphatic heterocycles. The molecule has 1 N–H and O–H groups in total. The Bertz CT molecular complexity index is 839. The normalized spacial score (nSPS) is 17.8. The van der Waals surface area contributed by atoms with Gasteiger partial charge in [0.2, 0.25) is 5.91 Å². The lowest BCUT2D eigenvalue weighted by Crippen LogP contribution is -2.53. The molecule has 148 valence electrons. The maximum Gasteiger partial charge on any atom is 0.289 e. The zero-order valence-electron chi connectivity index (χ0n) is 16.3. The fourth-order valence-corrected chi connectivity index (χ4v) is 4.17. The van der Waals surface area contributed by atoms with E-state index < -0.39 is 0 Å². The number of piperazine rings is 1. The topological polar surface area (TPSA) is 65.8 Å². The Balaban J connectivity index is 1.35. The lowest BCUT2D eigenvalue weighted by atomic mass is 9.90. The van der Waals surface area contributed by atoms with E-state index >= 15 is 0 Å². The molecule has 2 aromatic rings. The minimum atomic E-state index is -0.291. The molecule has 0 saturated carbocycles. The van der Waals surface area contributed by atoms with E-state index in [0.29, 0.717) is 31.9 Å². The van der Waals surface area contributed by atoms with Gasteiger partial charge >= 0.3 is 0 Å². The van der Waals surface area contributed by atoms with Crippen molar-refractivity contribution in [3.05, 3.63) is 53.5 Å². The number of hydrogen-bond acceptors (Lipinski definition) is 4. The van der Waals surface area contributed by atoms with Gasteiger partial charge in [0.15, 0.2) is 5.76 Å². The number of fused-ring (bicyclic) bond motifs is 1.